The molecule has 0 aliphatic carbocycles. The molecule has 1 aromatic carbocycles. The number of anilines is 1. The molecule has 0 fully saturated rings. The Morgan fingerprint density at radius 2 is 1.88 bits per heavy atom. The van der Waals surface area contributed by atoms with E-state index in [1.54, 1.807) is 0 Å². The van der Waals surface area contributed by atoms with Crippen molar-refractivity contribution in [1.82, 2.24) is 8.75 Å². The number of rotatable bonds is 1. The minimum Gasteiger partial charge on any atom is -0.381 e. The molecule has 0 bridgehead atoms. The fourth-order valence-corrected chi connectivity index (χ4v) is 1.78. The van der Waals surface area contributed by atoms with Crippen LogP contribution in [0.4, 0.5) is 23.4 Å². The molecule has 0 spiro atoms. The molecule has 90 valence electrons. The number of alkyl halides is 3. The first kappa shape index (κ1) is 11.8. The van der Waals surface area contributed by atoms with Gasteiger partial charge in [-0.15, -0.1) is 0 Å². The van der Waals surface area contributed by atoms with Gasteiger partial charge in [-0.05, 0) is 12.1 Å². The normalized spacial score (nSPS) is 11.8. The third-order valence-electron chi connectivity index (χ3n) is 2.06. The van der Waals surface area contributed by atoms with E-state index in [0.29, 0.717) is 6.07 Å². The molecule has 0 radical (unpaired) electrons. The standard InChI is InChI=1S/C9H5F4N3S/c10-6-3-4(7-8(14)16-17-15-7)1-2-5(6)9(11,12)13/h1-3H,(H2,14,16). The zero-order valence-electron chi connectivity index (χ0n) is 8.12. The highest BCUT2D eigenvalue weighted by Gasteiger charge is 2.34. The number of nitrogen functional groups attached to an aromatic ring is 1. The van der Waals surface area contributed by atoms with Gasteiger partial charge in [0.25, 0.3) is 0 Å². The van der Waals surface area contributed by atoms with E-state index >= 15 is 0 Å². The number of nitrogens with zero attached hydrogens (tertiary/aromatic N) is 2. The topological polar surface area (TPSA) is 51.8 Å². The van der Waals surface area contributed by atoms with Crippen LogP contribution in [0.25, 0.3) is 11.3 Å². The third-order valence-corrected chi connectivity index (χ3v) is 2.60. The van der Waals surface area contributed by atoms with Crippen molar-refractivity contribution >= 4 is 17.5 Å². The lowest BCUT2D eigenvalue weighted by atomic mass is 10.1. The van der Waals surface area contributed by atoms with Crippen molar-refractivity contribution in [2.24, 2.45) is 0 Å². The molecule has 0 atom stereocenters. The second-order valence-electron chi connectivity index (χ2n) is 3.19. The summed E-state index contributed by atoms with van der Waals surface area (Å²) >= 11 is 0.807. The van der Waals surface area contributed by atoms with Gasteiger partial charge in [0.1, 0.15) is 11.5 Å². The highest BCUT2D eigenvalue weighted by Crippen LogP contribution is 2.34. The molecule has 0 amide bonds. The van der Waals surface area contributed by atoms with E-state index in [1.807, 2.05) is 0 Å². The summed E-state index contributed by atoms with van der Waals surface area (Å²) in [5, 5.41) is 0. The van der Waals surface area contributed by atoms with Crippen LogP contribution in [-0.4, -0.2) is 8.75 Å². The molecular formula is C9H5F4N3S. The summed E-state index contributed by atoms with van der Waals surface area (Å²) in [5.41, 5.74) is 4.47. The zero-order chi connectivity index (χ0) is 12.6. The van der Waals surface area contributed by atoms with Gasteiger partial charge in [-0.3, -0.25) is 0 Å². The largest absolute Gasteiger partial charge is 0.419 e. The van der Waals surface area contributed by atoms with E-state index in [0.717, 1.165) is 23.9 Å². The van der Waals surface area contributed by atoms with Gasteiger partial charge in [-0.2, -0.15) is 21.9 Å². The fourth-order valence-electron chi connectivity index (χ4n) is 1.29. The molecular weight excluding hydrogens is 258 g/mol. The van der Waals surface area contributed by atoms with Gasteiger partial charge < -0.3 is 5.73 Å². The van der Waals surface area contributed by atoms with Crippen LogP contribution in [0.1, 0.15) is 5.56 Å². The quantitative estimate of drug-likeness (QED) is 0.805. The summed E-state index contributed by atoms with van der Waals surface area (Å²) in [4.78, 5) is 0. The van der Waals surface area contributed by atoms with Gasteiger partial charge in [-0.25, -0.2) is 4.39 Å². The lowest BCUT2D eigenvalue weighted by Crippen LogP contribution is -2.07. The first-order chi connectivity index (χ1) is 7.89. The van der Waals surface area contributed by atoms with Gasteiger partial charge in [0.15, 0.2) is 5.82 Å². The highest BCUT2D eigenvalue weighted by atomic mass is 32.1. The lowest BCUT2D eigenvalue weighted by molar-refractivity contribution is -0.139. The Bertz CT molecular complexity index is 549. The number of benzene rings is 1. The van der Waals surface area contributed by atoms with Crippen molar-refractivity contribution in [3.63, 3.8) is 0 Å². The van der Waals surface area contributed by atoms with Crippen molar-refractivity contribution in [2.75, 3.05) is 5.73 Å². The maximum Gasteiger partial charge on any atom is 0.419 e. The van der Waals surface area contributed by atoms with Crippen LogP contribution >= 0.6 is 11.7 Å². The molecule has 3 nitrogen and oxygen atoms in total. The number of halogens is 4. The minimum atomic E-state index is -4.71. The molecule has 0 unspecified atom stereocenters. The molecule has 0 saturated heterocycles. The van der Waals surface area contributed by atoms with Crippen LogP contribution in [-0.2, 0) is 6.18 Å². The second kappa shape index (κ2) is 3.95. The lowest BCUT2D eigenvalue weighted by Gasteiger charge is -2.08. The van der Waals surface area contributed by atoms with E-state index < -0.39 is 17.6 Å². The Kier molecular flexibility index (Phi) is 2.74. The van der Waals surface area contributed by atoms with Crippen LogP contribution in [0.2, 0.25) is 0 Å². The van der Waals surface area contributed by atoms with Crippen LogP contribution in [0.3, 0.4) is 0 Å². The number of aromatic nitrogens is 2. The van der Waals surface area contributed by atoms with Crippen molar-refractivity contribution in [2.45, 2.75) is 6.18 Å². The summed E-state index contributed by atoms with van der Waals surface area (Å²) in [5.74, 6) is -1.29. The van der Waals surface area contributed by atoms with Crippen molar-refractivity contribution in [1.29, 1.82) is 0 Å². The smallest absolute Gasteiger partial charge is 0.381 e. The molecule has 0 aliphatic rings. The number of hydrogen-bond donors (Lipinski definition) is 1. The Morgan fingerprint density at radius 3 is 2.35 bits per heavy atom. The Labute approximate surface area is 97.2 Å². The average molecular weight is 263 g/mol. The van der Waals surface area contributed by atoms with Gasteiger partial charge in [0.05, 0.1) is 17.3 Å². The molecule has 2 aromatic rings. The zero-order valence-corrected chi connectivity index (χ0v) is 8.94. The Balaban J connectivity index is 2.49. The third kappa shape index (κ3) is 2.21. The molecule has 2 rings (SSSR count). The maximum absolute atomic E-state index is 13.3. The van der Waals surface area contributed by atoms with E-state index in [1.165, 1.54) is 0 Å². The number of nitrogens with two attached hydrogens (primary N) is 1. The van der Waals surface area contributed by atoms with Gasteiger partial charge in [0.2, 0.25) is 0 Å². The summed E-state index contributed by atoms with van der Waals surface area (Å²) in [6, 6.07) is 2.51. The molecule has 1 aromatic heterocycles. The predicted molar refractivity (Wildman–Crippen MR) is 54.7 cm³/mol. The molecule has 8 heteroatoms. The van der Waals surface area contributed by atoms with Gasteiger partial charge in [0, 0.05) is 5.56 Å². The Morgan fingerprint density at radius 1 is 1.18 bits per heavy atom. The monoisotopic (exact) mass is 263 g/mol. The summed E-state index contributed by atoms with van der Waals surface area (Å²) in [7, 11) is 0. The average Bonchev–Trinajstić information content (AvgIpc) is 2.62. The van der Waals surface area contributed by atoms with E-state index in [2.05, 4.69) is 8.75 Å². The Hall–Kier alpha value is -1.70. The van der Waals surface area contributed by atoms with Gasteiger partial charge in [-0.1, -0.05) is 6.07 Å². The minimum absolute atomic E-state index is 0.0640. The number of hydrogen-bond acceptors (Lipinski definition) is 4. The first-order valence-electron chi connectivity index (χ1n) is 4.34. The molecule has 0 saturated carbocycles. The van der Waals surface area contributed by atoms with E-state index in [4.69, 9.17) is 5.73 Å². The SMILES string of the molecule is Nc1nsnc1-c1ccc(C(F)(F)F)c(F)c1. The van der Waals surface area contributed by atoms with Gasteiger partial charge >= 0.3 is 6.18 Å². The van der Waals surface area contributed by atoms with Crippen molar-refractivity contribution in [3.8, 4) is 11.3 Å². The van der Waals surface area contributed by atoms with Crippen LogP contribution < -0.4 is 5.73 Å². The van der Waals surface area contributed by atoms with Crippen LogP contribution in [0.5, 0.6) is 0 Å². The first-order valence-corrected chi connectivity index (χ1v) is 5.08. The second-order valence-corrected chi connectivity index (χ2v) is 3.72. The van der Waals surface area contributed by atoms with E-state index in [-0.39, 0.29) is 17.1 Å². The van der Waals surface area contributed by atoms with Crippen LogP contribution in [0.15, 0.2) is 18.2 Å². The van der Waals surface area contributed by atoms with Crippen molar-refractivity contribution in [3.05, 3.63) is 29.6 Å². The van der Waals surface area contributed by atoms with Crippen LogP contribution in [0, 0.1) is 5.82 Å². The highest BCUT2D eigenvalue weighted by molar-refractivity contribution is 6.99. The summed E-state index contributed by atoms with van der Waals surface area (Å²) in [6.07, 6.45) is -4.71. The molecule has 0 aliphatic heterocycles. The summed E-state index contributed by atoms with van der Waals surface area (Å²) in [6.45, 7) is 0. The fraction of sp³-hybridized carbons (Fsp3) is 0.111. The predicted octanol–water partition coefficient (Wildman–Crippen LogP) is 2.95. The maximum atomic E-state index is 13.3. The summed E-state index contributed by atoms with van der Waals surface area (Å²) < 4.78 is 57.6. The van der Waals surface area contributed by atoms with Crippen molar-refractivity contribution < 1.29 is 17.6 Å². The molecule has 17 heavy (non-hydrogen) atoms. The van der Waals surface area contributed by atoms with E-state index in [9.17, 15) is 17.6 Å². The molecule has 2 N–H and O–H groups in total. The molecule has 1 heterocycles.